The summed E-state index contributed by atoms with van der Waals surface area (Å²) in [5.74, 6) is -1.60. The second-order valence-corrected chi connectivity index (χ2v) is 7.43. The Morgan fingerprint density at radius 1 is 1.30 bits per heavy atom. The smallest absolute Gasteiger partial charge is 0.262 e. The minimum absolute atomic E-state index is 0.0485. The molecule has 0 fully saturated rings. The normalized spacial score (nSPS) is 11.6. The summed E-state index contributed by atoms with van der Waals surface area (Å²) in [7, 11) is 1.80. The first kappa shape index (κ1) is 25.5. The van der Waals surface area contributed by atoms with Crippen LogP contribution in [0.15, 0.2) is 65.6 Å². The van der Waals surface area contributed by atoms with Crippen LogP contribution in [0.5, 0.6) is 5.75 Å². The van der Waals surface area contributed by atoms with E-state index in [-0.39, 0.29) is 35.9 Å². The van der Waals surface area contributed by atoms with Gasteiger partial charge in [0.1, 0.15) is 17.1 Å². The molecule has 0 unspecified atom stereocenters. The van der Waals surface area contributed by atoms with Gasteiger partial charge in [-0.05, 0) is 36.8 Å². The predicted octanol–water partition coefficient (Wildman–Crippen LogP) is 2.32. The molecular weight excluding hydrogens is 451 g/mol. The SMILES string of the molecule is C=C(CCNC(=O)/C(C=O)=C/N=c1/cc(C)ccn1C)NC(=O)COc1ccc(Cl)c(F)c1. The Labute approximate surface area is 195 Å². The summed E-state index contributed by atoms with van der Waals surface area (Å²) in [4.78, 5) is 39.6. The Morgan fingerprint density at radius 2 is 2.06 bits per heavy atom. The standard InChI is InChI=1S/C23H24ClFN4O4/c1-15-7-9-29(3)21(10-15)27-12-17(13-30)23(32)26-8-6-16(2)28-22(31)14-33-18-4-5-19(24)20(25)11-18/h4-5,7,9-13H,2,6,8,14H2,1,3H3,(H,26,32)(H,28,31)/b17-12+,27-21-. The van der Waals surface area contributed by atoms with Crippen LogP contribution in [-0.2, 0) is 21.4 Å². The average molecular weight is 475 g/mol. The quantitative estimate of drug-likeness (QED) is 0.239. The van der Waals surface area contributed by atoms with Gasteiger partial charge in [-0.15, -0.1) is 0 Å². The Morgan fingerprint density at radius 3 is 2.76 bits per heavy atom. The third-order valence-electron chi connectivity index (χ3n) is 4.29. The van der Waals surface area contributed by atoms with Gasteiger partial charge in [0.15, 0.2) is 12.9 Å². The van der Waals surface area contributed by atoms with Crippen LogP contribution in [0, 0.1) is 12.7 Å². The molecule has 1 heterocycles. The number of rotatable bonds is 10. The van der Waals surface area contributed by atoms with E-state index in [0.29, 0.717) is 17.5 Å². The Hall–Kier alpha value is -3.72. The van der Waals surface area contributed by atoms with Crippen molar-refractivity contribution in [1.29, 1.82) is 0 Å². The van der Waals surface area contributed by atoms with E-state index in [4.69, 9.17) is 16.3 Å². The lowest BCUT2D eigenvalue weighted by atomic mass is 10.2. The first-order chi connectivity index (χ1) is 15.7. The molecule has 33 heavy (non-hydrogen) atoms. The van der Waals surface area contributed by atoms with Crippen molar-refractivity contribution in [3.05, 3.63) is 82.5 Å². The summed E-state index contributed by atoms with van der Waals surface area (Å²) in [5, 5.41) is 5.03. The van der Waals surface area contributed by atoms with E-state index >= 15 is 0 Å². The Bertz CT molecular complexity index is 1160. The summed E-state index contributed by atoms with van der Waals surface area (Å²) < 4.78 is 20.3. The molecule has 2 amide bonds. The molecule has 0 aliphatic carbocycles. The zero-order valence-corrected chi connectivity index (χ0v) is 19.0. The molecule has 174 valence electrons. The number of halogens is 2. The largest absolute Gasteiger partial charge is 0.484 e. The lowest BCUT2D eigenvalue weighted by Crippen LogP contribution is -2.31. The third-order valence-corrected chi connectivity index (χ3v) is 4.60. The molecule has 0 atom stereocenters. The van der Waals surface area contributed by atoms with Crippen LogP contribution in [0.25, 0.3) is 0 Å². The van der Waals surface area contributed by atoms with Gasteiger partial charge in [-0.2, -0.15) is 0 Å². The number of nitrogens with zero attached hydrogens (tertiary/aromatic N) is 2. The van der Waals surface area contributed by atoms with Crippen molar-refractivity contribution in [2.45, 2.75) is 13.3 Å². The molecule has 0 saturated carbocycles. The highest BCUT2D eigenvalue weighted by Crippen LogP contribution is 2.20. The van der Waals surface area contributed by atoms with E-state index in [1.807, 2.05) is 25.3 Å². The summed E-state index contributed by atoms with van der Waals surface area (Å²) in [6, 6.07) is 7.56. The second kappa shape index (κ2) is 12.4. The predicted molar refractivity (Wildman–Crippen MR) is 122 cm³/mol. The van der Waals surface area contributed by atoms with Gasteiger partial charge < -0.3 is 19.9 Å². The summed E-state index contributed by atoms with van der Waals surface area (Å²) in [5.41, 5.74) is 1.76. The molecule has 0 saturated heterocycles. The highest BCUT2D eigenvalue weighted by atomic mass is 35.5. The molecule has 2 N–H and O–H groups in total. The molecule has 10 heteroatoms. The fraction of sp³-hybridized carbons (Fsp3) is 0.217. The average Bonchev–Trinajstić information content (AvgIpc) is 2.77. The van der Waals surface area contributed by atoms with Crippen LogP contribution in [0.4, 0.5) is 4.39 Å². The van der Waals surface area contributed by atoms with E-state index in [1.54, 1.807) is 11.6 Å². The van der Waals surface area contributed by atoms with Crippen molar-refractivity contribution >= 4 is 29.7 Å². The van der Waals surface area contributed by atoms with E-state index in [1.165, 1.54) is 18.3 Å². The molecule has 0 spiro atoms. The van der Waals surface area contributed by atoms with E-state index < -0.39 is 17.6 Å². The number of aldehydes is 1. The number of benzene rings is 1. The number of amides is 2. The lowest BCUT2D eigenvalue weighted by molar-refractivity contribution is -0.122. The highest BCUT2D eigenvalue weighted by Gasteiger charge is 2.10. The molecule has 0 bridgehead atoms. The molecule has 8 nitrogen and oxygen atoms in total. The van der Waals surface area contributed by atoms with Gasteiger partial charge >= 0.3 is 0 Å². The minimum Gasteiger partial charge on any atom is -0.484 e. The maximum absolute atomic E-state index is 13.4. The third kappa shape index (κ3) is 8.38. The van der Waals surface area contributed by atoms with Crippen molar-refractivity contribution in [2.75, 3.05) is 13.2 Å². The number of aromatic nitrogens is 1. The fourth-order valence-corrected chi connectivity index (χ4v) is 2.62. The first-order valence-corrected chi connectivity index (χ1v) is 10.2. The number of aryl methyl sites for hydroxylation is 2. The van der Waals surface area contributed by atoms with Crippen molar-refractivity contribution in [1.82, 2.24) is 15.2 Å². The molecule has 0 radical (unpaired) electrons. The van der Waals surface area contributed by atoms with E-state index in [0.717, 1.165) is 11.6 Å². The van der Waals surface area contributed by atoms with Crippen LogP contribution >= 0.6 is 11.6 Å². The van der Waals surface area contributed by atoms with Crippen molar-refractivity contribution in [3.8, 4) is 5.75 Å². The topological polar surface area (TPSA) is 102 Å². The number of carbonyl (C=O) groups is 3. The van der Waals surface area contributed by atoms with E-state index in [2.05, 4.69) is 22.2 Å². The lowest BCUT2D eigenvalue weighted by Gasteiger charge is -2.10. The molecule has 2 rings (SSSR count). The molecule has 0 aliphatic rings. The molecular formula is C23H24ClFN4O4. The number of hydrogen-bond donors (Lipinski definition) is 2. The monoisotopic (exact) mass is 474 g/mol. The number of carbonyl (C=O) groups excluding carboxylic acids is 3. The van der Waals surface area contributed by atoms with Gasteiger partial charge in [-0.1, -0.05) is 18.2 Å². The maximum Gasteiger partial charge on any atom is 0.262 e. The van der Waals surface area contributed by atoms with E-state index in [9.17, 15) is 18.8 Å². The number of ether oxygens (including phenoxy) is 1. The maximum atomic E-state index is 13.4. The molecule has 1 aromatic heterocycles. The van der Waals surface area contributed by atoms with Crippen molar-refractivity contribution in [2.24, 2.45) is 12.0 Å². The summed E-state index contributed by atoms with van der Waals surface area (Å²) in [6.07, 6.45) is 3.66. The second-order valence-electron chi connectivity index (χ2n) is 7.03. The van der Waals surface area contributed by atoms with Crippen LogP contribution in [0.2, 0.25) is 5.02 Å². The Balaban J connectivity index is 1.80. The molecule has 0 aliphatic heterocycles. The van der Waals surface area contributed by atoms with Crippen LogP contribution in [-0.4, -0.2) is 35.8 Å². The van der Waals surface area contributed by atoms with Crippen LogP contribution in [0.3, 0.4) is 0 Å². The molecule has 1 aromatic carbocycles. The van der Waals surface area contributed by atoms with Crippen LogP contribution < -0.4 is 20.9 Å². The fourth-order valence-electron chi connectivity index (χ4n) is 2.51. The zero-order valence-electron chi connectivity index (χ0n) is 18.2. The van der Waals surface area contributed by atoms with Crippen LogP contribution in [0.1, 0.15) is 12.0 Å². The minimum atomic E-state index is -0.654. The zero-order chi connectivity index (χ0) is 24.4. The number of nitrogens with one attached hydrogen (secondary N) is 2. The first-order valence-electron chi connectivity index (χ1n) is 9.85. The van der Waals surface area contributed by atoms with Gasteiger partial charge in [0, 0.05) is 44.2 Å². The Kier molecular flexibility index (Phi) is 9.56. The van der Waals surface area contributed by atoms with Gasteiger partial charge in [0.25, 0.3) is 11.8 Å². The van der Waals surface area contributed by atoms with Gasteiger partial charge in [0.2, 0.25) is 0 Å². The van der Waals surface area contributed by atoms with Gasteiger partial charge in [-0.25, -0.2) is 9.38 Å². The summed E-state index contributed by atoms with van der Waals surface area (Å²) >= 11 is 5.59. The number of pyridine rings is 1. The summed E-state index contributed by atoms with van der Waals surface area (Å²) in [6.45, 7) is 5.39. The highest BCUT2D eigenvalue weighted by molar-refractivity contribution is 6.30. The van der Waals surface area contributed by atoms with Crippen molar-refractivity contribution in [3.63, 3.8) is 0 Å². The van der Waals surface area contributed by atoms with Gasteiger partial charge in [-0.3, -0.25) is 14.4 Å². The molecule has 2 aromatic rings. The van der Waals surface area contributed by atoms with Crippen molar-refractivity contribution < 1.29 is 23.5 Å². The van der Waals surface area contributed by atoms with Gasteiger partial charge in [0.05, 0.1) is 10.6 Å². The number of hydrogen-bond acceptors (Lipinski definition) is 5.